The number of carbonyl (C=O) groups is 2. The van der Waals surface area contributed by atoms with Gasteiger partial charge in [-0.05, 0) is 12.0 Å². The Hall–Kier alpha value is -2.22. The molecule has 1 amide bonds. The molecule has 1 aromatic rings. The van der Waals surface area contributed by atoms with E-state index < -0.39 is 24.0 Å². The molecule has 1 saturated heterocycles. The molecule has 0 saturated carbocycles. The first kappa shape index (κ1) is 18.1. The lowest BCUT2D eigenvalue weighted by atomic mass is 10.1. The fourth-order valence-electron chi connectivity index (χ4n) is 2.50. The van der Waals surface area contributed by atoms with Crippen LogP contribution >= 0.6 is 0 Å². The first-order valence-electron chi connectivity index (χ1n) is 7.55. The average Bonchev–Trinajstić information content (AvgIpc) is 2.51. The maximum Gasteiger partial charge on any atom is 0.410 e. The van der Waals surface area contributed by atoms with Gasteiger partial charge in [0.05, 0.1) is 13.1 Å². The van der Waals surface area contributed by atoms with E-state index in [0.29, 0.717) is 0 Å². The Bertz CT molecular complexity index is 575. The topological polar surface area (TPSA) is 70.1 Å². The van der Waals surface area contributed by atoms with Crippen LogP contribution in [0.25, 0.3) is 0 Å². The maximum atomic E-state index is 12.8. The summed E-state index contributed by atoms with van der Waals surface area (Å²) in [5.41, 5.74) is 0.786. The van der Waals surface area contributed by atoms with Crippen LogP contribution in [0.15, 0.2) is 30.3 Å². The van der Waals surface area contributed by atoms with Crippen LogP contribution in [0.1, 0.15) is 12.0 Å². The van der Waals surface area contributed by atoms with Crippen molar-refractivity contribution in [3.05, 3.63) is 35.9 Å². The highest BCUT2D eigenvalue weighted by atomic mass is 19.3. The summed E-state index contributed by atoms with van der Waals surface area (Å²) >= 11 is 0. The van der Waals surface area contributed by atoms with Crippen molar-refractivity contribution < 1.29 is 28.2 Å². The Morgan fingerprint density at radius 3 is 2.50 bits per heavy atom. The predicted octanol–water partition coefficient (Wildman–Crippen LogP) is 2.05. The van der Waals surface area contributed by atoms with Gasteiger partial charge in [-0.25, -0.2) is 18.4 Å². The minimum atomic E-state index is -2.70. The van der Waals surface area contributed by atoms with Crippen molar-refractivity contribution in [2.75, 3.05) is 26.7 Å². The third kappa shape index (κ3) is 4.89. The number of likely N-dealkylation sites (tertiary alicyclic amines) is 1. The Morgan fingerprint density at radius 1 is 1.33 bits per heavy atom. The van der Waals surface area contributed by atoms with E-state index in [1.165, 1.54) is 11.9 Å². The van der Waals surface area contributed by atoms with Crippen LogP contribution in [-0.2, 0) is 16.1 Å². The highest BCUT2D eigenvalue weighted by Crippen LogP contribution is 2.26. The summed E-state index contributed by atoms with van der Waals surface area (Å²) in [6.07, 6.45) is -0.706. The molecule has 0 bridgehead atoms. The molecule has 1 aliphatic rings. The number of carboxylic acids is 1. The van der Waals surface area contributed by atoms with Gasteiger partial charge in [-0.3, -0.25) is 9.80 Å². The number of likely N-dealkylation sites (N-methyl/N-ethyl adjacent to an activating group) is 1. The van der Waals surface area contributed by atoms with E-state index in [1.54, 1.807) is 24.3 Å². The molecule has 132 valence electrons. The summed E-state index contributed by atoms with van der Waals surface area (Å²) in [6, 6.07) is 7.88. The fourth-order valence-corrected chi connectivity index (χ4v) is 2.50. The van der Waals surface area contributed by atoms with Crippen LogP contribution in [0.5, 0.6) is 0 Å². The third-order valence-electron chi connectivity index (χ3n) is 3.87. The van der Waals surface area contributed by atoms with E-state index in [-0.39, 0.29) is 32.7 Å². The van der Waals surface area contributed by atoms with E-state index in [1.807, 2.05) is 6.07 Å². The summed E-state index contributed by atoms with van der Waals surface area (Å²) in [6.45, 7) is -0.527. The third-order valence-corrected chi connectivity index (χ3v) is 3.87. The van der Waals surface area contributed by atoms with Crippen molar-refractivity contribution in [3.8, 4) is 0 Å². The molecular weight excluding hydrogens is 322 g/mol. The van der Waals surface area contributed by atoms with Gasteiger partial charge in [0.15, 0.2) is 0 Å². The Balaban J connectivity index is 1.82. The van der Waals surface area contributed by atoms with Gasteiger partial charge in [0.2, 0.25) is 0 Å². The highest BCUT2D eigenvalue weighted by Gasteiger charge is 2.43. The van der Waals surface area contributed by atoms with Crippen LogP contribution in [0, 0.1) is 0 Å². The van der Waals surface area contributed by atoms with Crippen LogP contribution in [0.4, 0.5) is 13.6 Å². The number of halogens is 2. The quantitative estimate of drug-likeness (QED) is 0.821. The molecule has 8 heteroatoms. The standard InChI is InChI=1S/C16H20F2N2O4/c1-19(15(23)24-9-12-5-3-2-4-6-12)13(14(21)22)7-8-20-10-16(17,18)11-20/h2-6,13H,7-11H2,1H3,(H,21,22)/t13-/m0/s1. The summed E-state index contributed by atoms with van der Waals surface area (Å²) in [5.74, 6) is -3.89. The van der Waals surface area contributed by atoms with Crippen molar-refractivity contribution in [1.82, 2.24) is 9.80 Å². The van der Waals surface area contributed by atoms with Gasteiger partial charge < -0.3 is 9.84 Å². The summed E-state index contributed by atoms with van der Waals surface area (Å²) in [5, 5.41) is 9.27. The molecule has 6 nitrogen and oxygen atoms in total. The number of ether oxygens (including phenoxy) is 1. The zero-order chi connectivity index (χ0) is 17.7. The normalized spacial score (nSPS) is 17.6. The number of rotatable bonds is 7. The second-order valence-electron chi connectivity index (χ2n) is 5.86. The molecule has 0 radical (unpaired) electrons. The van der Waals surface area contributed by atoms with E-state index in [0.717, 1.165) is 10.5 Å². The minimum absolute atomic E-state index is 0.0364. The lowest BCUT2D eigenvalue weighted by Crippen LogP contribution is -2.57. The van der Waals surface area contributed by atoms with Crippen LogP contribution < -0.4 is 0 Å². The lowest BCUT2D eigenvalue weighted by molar-refractivity contribution is -0.145. The molecule has 1 heterocycles. The Morgan fingerprint density at radius 2 is 1.96 bits per heavy atom. The number of carboxylic acid groups (broad SMARTS) is 1. The van der Waals surface area contributed by atoms with Gasteiger partial charge in [-0.15, -0.1) is 0 Å². The van der Waals surface area contributed by atoms with Gasteiger partial charge in [-0.1, -0.05) is 30.3 Å². The van der Waals surface area contributed by atoms with Crippen molar-refractivity contribution in [2.24, 2.45) is 0 Å². The number of hydrogen-bond acceptors (Lipinski definition) is 4. The first-order valence-corrected chi connectivity index (χ1v) is 7.55. The molecule has 24 heavy (non-hydrogen) atoms. The van der Waals surface area contributed by atoms with E-state index >= 15 is 0 Å². The van der Waals surface area contributed by atoms with Gasteiger partial charge in [0, 0.05) is 13.6 Å². The van der Waals surface area contributed by atoms with Crippen molar-refractivity contribution in [2.45, 2.75) is 25.0 Å². The van der Waals surface area contributed by atoms with Crippen molar-refractivity contribution in [1.29, 1.82) is 0 Å². The fraction of sp³-hybridized carbons (Fsp3) is 0.500. The number of nitrogens with zero attached hydrogens (tertiary/aromatic N) is 2. The van der Waals surface area contributed by atoms with Crippen molar-refractivity contribution >= 4 is 12.1 Å². The predicted molar refractivity (Wildman–Crippen MR) is 81.8 cm³/mol. The van der Waals surface area contributed by atoms with Crippen LogP contribution in [0.2, 0.25) is 0 Å². The molecule has 1 aliphatic heterocycles. The molecule has 0 unspecified atom stereocenters. The second kappa shape index (κ2) is 7.57. The van der Waals surface area contributed by atoms with E-state index in [9.17, 15) is 23.5 Å². The number of benzene rings is 1. The average molecular weight is 342 g/mol. The van der Waals surface area contributed by atoms with Gasteiger partial charge in [0.1, 0.15) is 12.6 Å². The molecule has 2 rings (SSSR count). The molecule has 1 aromatic carbocycles. The summed E-state index contributed by atoms with van der Waals surface area (Å²) in [7, 11) is 1.33. The largest absolute Gasteiger partial charge is 0.480 e. The summed E-state index contributed by atoms with van der Waals surface area (Å²) in [4.78, 5) is 25.8. The minimum Gasteiger partial charge on any atom is -0.480 e. The highest BCUT2D eigenvalue weighted by molar-refractivity contribution is 5.79. The zero-order valence-electron chi connectivity index (χ0n) is 13.3. The molecule has 1 fully saturated rings. The lowest BCUT2D eigenvalue weighted by Gasteiger charge is -2.39. The molecule has 0 aliphatic carbocycles. The number of carbonyl (C=O) groups excluding carboxylic acids is 1. The number of aliphatic carboxylic acids is 1. The summed E-state index contributed by atoms with van der Waals surface area (Å²) < 4.78 is 30.6. The molecule has 1 N–H and O–H groups in total. The van der Waals surface area contributed by atoms with Gasteiger partial charge in [0.25, 0.3) is 5.92 Å². The Kier molecular flexibility index (Phi) is 5.71. The SMILES string of the molecule is CN(C(=O)OCc1ccccc1)[C@@H](CCN1CC(F)(F)C1)C(=O)O. The monoisotopic (exact) mass is 342 g/mol. The number of amides is 1. The maximum absolute atomic E-state index is 12.8. The van der Waals surface area contributed by atoms with E-state index in [2.05, 4.69) is 0 Å². The zero-order valence-corrected chi connectivity index (χ0v) is 13.3. The number of hydrogen-bond donors (Lipinski definition) is 1. The Labute approximate surface area is 138 Å². The second-order valence-corrected chi connectivity index (χ2v) is 5.86. The molecule has 0 aromatic heterocycles. The smallest absolute Gasteiger partial charge is 0.410 e. The molecule has 0 spiro atoms. The van der Waals surface area contributed by atoms with Gasteiger partial charge in [-0.2, -0.15) is 0 Å². The number of alkyl halides is 2. The molecular formula is C16H20F2N2O4. The van der Waals surface area contributed by atoms with E-state index in [4.69, 9.17) is 4.74 Å². The van der Waals surface area contributed by atoms with Gasteiger partial charge >= 0.3 is 12.1 Å². The van der Waals surface area contributed by atoms with Crippen LogP contribution in [0.3, 0.4) is 0 Å². The molecule has 1 atom stereocenters. The van der Waals surface area contributed by atoms with Crippen molar-refractivity contribution in [3.63, 3.8) is 0 Å². The van der Waals surface area contributed by atoms with Crippen LogP contribution in [-0.4, -0.2) is 65.6 Å². The first-order chi connectivity index (χ1) is 11.3.